The van der Waals surface area contributed by atoms with Crippen molar-refractivity contribution in [3.8, 4) is 5.88 Å². The van der Waals surface area contributed by atoms with Gasteiger partial charge in [0.05, 0.1) is 17.7 Å². The van der Waals surface area contributed by atoms with Crippen LogP contribution in [-0.2, 0) is 0 Å². The van der Waals surface area contributed by atoms with E-state index in [1.54, 1.807) is 54.5 Å². The molecule has 0 fully saturated rings. The van der Waals surface area contributed by atoms with Gasteiger partial charge in [-0.15, -0.1) is 0 Å². The monoisotopic (exact) mass is 351 g/mol. The van der Waals surface area contributed by atoms with Crippen LogP contribution in [0.5, 0.6) is 5.88 Å². The molecule has 1 atom stereocenters. The highest BCUT2D eigenvalue weighted by molar-refractivity contribution is 6.21. The summed E-state index contributed by atoms with van der Waals surface area (Å²) in [4.78, 5) is 44.2. The van der Waals surface area contributed by atoms with E-state index in [0.717, 1.165) is 0 Å². The molecule has 3 heterocycles. The second kappa shape index (κ2) is 6.25. The van der Waals surface area contributed by atoms with E-state index in [1.165, 1.54) is 4.90 Å². The van der Waals surface area contributed by atoms with Crippen LogP contribution in [-0.4, -0.2) is 58.7 Å². The van der Waals surface area contributed by atoms with Gasteiger partial charge in [-0.1, -0.05) is 12.1 Å². The smallest absolute Gasteiger partial charge is 0.261 e. The molecule has 0 saturated carbocycles. The molecule has 132 valence electrons. The average Bonchev–Trinajstić information content (AvgIpc) is 2.82. The first-order valence-electron chi connectivity index (χ1n) is 8.38. The third kappa shape index (κ3) is 2.61. The number of nitrogens with zero attached hydrogens (tertiary/aromatic N) is 3. The van der Waals surface area contributed by atoms with Gasteiger partial charge in [0.15, 0.2) is 0 Å². The second-order valence-corrected chi connectivity index (χ2v) is 6.38. The topological polar surface area (TPSA) is 79.8 Å². The van der Waals surface area contributed by atoms with Crippen molar-refractivity contribution in [2.24, 2.45) is 0 Å². The number of aromatic nitrogens is 1. The van der Waals surface area contributed by atoms with Crippen LogP contribution in [0, 0.1) is 0 Å². The number of rotatable bonds is 3. The number of pyridine rings is 1. The van der Waals surface area contributed by atoms with Crippen LogP contribution in [0.15, 0.2) is 42.6 Å². The van der Waals surface area contributed by atoms with Crippen molar-refractivity contribution in [2.45, 2.75) is 12.5 Å². The van der Waals surface area contributed by atoms with Crippen LogP contribution < -0.4 is 4.74 Å². The normalized spacial score (nSPS) is 19.1. The number of hydrogen-bond acceptors (Lipinski definition) is 5. The Morgan fingerprint density at radius 3 is 2.35 bits per heavy atom. The van der Waals surface area contributed by atoms with Crippen LogP contribution in [0.4, 0.5) is 0 Å². The third-order valence-corrected chi connectivity index (χ3v) is 4.66. The van der Waals surface area contributed by atoms with Gasteiger partial charge in [0.2, 0.25) is 5.88 Å². The second-order valence-electron chi connectivity index (χ2n) is 6.38. The number of likely N-dealkylation sites (N-methyl/N-ethyl adjacent to an activating group) is 1. The summed E-state index contributed by atoms with van der Waals surface area (Å²) in [6.45, 7) is 0.583. The number of imide groups is 1. The molecule has 0 radical (unpaired) electrons. The molecule has 0 saturated heterocycles. The molecule has 0 spiro atoms. The van der Waals surface area contributed by atoms with Gasteiger partial charge in [-0.3, -0.25) is 19.3 Å². The maximum Gasteiger partial charge on any atom is 0.261 e. The number of ether oxygens (including phenoxy) is 1. The van der Waals surface area contributed by atoms with E-state index in [4.69, 9.17) is 4.74 Å². The zero-order chi connectivity index (χ0) is 18.3. The van der Waals surface area contributed by atoms with E-state index in [9.17, 15) is 14.4 Å². The van der Waals surface area contributed by atoms with Crippen LogP contribution in [0.1, 0.15) is 37.5 Å². The van der Waals surface area contributed by atoms with Gasteiger partial charge in [0, 0.05) is 26.2 Å². The lowest BCUT2D eigenvalue weighted by Crippen LogP contribution is -2.38. The molecule has 1 aromatic heterocycles. The maximum absolute atomic E-state index is 12.4. The Morgan fingerprint density at radius 1 is 1.00 bits per heavy atom. The Kier molecular flexibility index (Phi) is 3.91. The quantitative estimate of drug-likeness (QED) is 0.785. The Hall–Kier alpha value is -3.22. The summed E-state index contributed by atoms with van der Waals surface area (Å²) in [5.74, 6) is -0.449. The third-order valence-electron chi connectivity index (χ3n) is 4.66. The fourth-order valence-corrected chi connectivity index (χ4v) is 3.30. The van der Waals surface area contributed by atoms with Gasteiger partial charge in [-0.25, -0.2) is 4.98 Å². The van der Waals surface area contributed by atoms with Crippen molar-refractivity contribution in [3.63, 3.8) is 0 Å². The molecule has 3 amide bonds. The molecule has 2 aromatic rings. The minimum absolute atomic E-state index is 0.156. The molecule has 0 bridgehead atoms. The fourth-order valence-electron chi connectivity index (χ4n) is 3.30. The van der Waals surface area contributed by atoms with E-state index in [1.807, 2.05) is 0 Å². The molecule has 0 N–H and O–H groups in total. The minimum atomic E-state index is -0.357. The van der Waals surface area contributed by atoms with Crippen LogP contribution in [0.2, 0.25) is 0 Å². The van der Waals surface area contributed by atoms with Gasteiger partial charge >= 0.3 is 0 Å². The zero-order valence-electron chi connectivity index (χ0n) is 14.2. The van der Waals surface area contributed by atoms with Crippen LogP contribution in [0.3, 0.4) is 0 Å². The highest BCUT2D eigenvalue weighted by atomic mass is 16.5. The standard InChI is InChI=1S/C19H17N3O4/c1-21-11-12(26-16-15(17(21)23)7-4-9-20-16)8-10-22-18(24)13-5-2-3-6-14(13)19(22)25/h2-7,9,12H,8,10-11H2,1H3. The first-order valence-corrected chi connectivity index (χ1v) is 8.38. The van der Waals surface area contributed by atoms with Gasteiger partial charge in [-0.05, 0) is 24.3 Å². The lowest BCUT2D eigenvalue weighted by molar-refractivity contribution is 0.0605. The number of amides is 3. The summed E-state index contributed by atoms with van der Waals surface area (Å²) in [7, 11) is 1.70. The Labute approximate surface area is 150 Å². The van der Waals surface area contributed by atoms with Gasteiger partial charge < -0.3 is 9.64 Å². The summed E-state index contributed by atoms with van der Waals surface area (Å²) in [5.41, 5.74) is 1.27. The Balaban J connectivity index is 1.50. The van der Waals surface area contributed by atoms with Crippen LogP contribution in [0.25, 0.3) is 0 Å². The Bertz CT molecular complexity index is 876. The van der Waals surface area contributed by atoms with E-state index in [-0.39, 0.29) is 36.3 Å². The van der Waals surface area contributed by atoms with Crippen LogP contribution >= 0.6 is 0 Å². The number of carbonyl (C=O) groups is 3. The van der Waals surface area contributed by atoms with E-state index >= 15 is 0 Å². The molecule has 2 aliphatic rings. The van der Waals surface area contributed by atoms with Gasteiger partial charge in [-0.2, -0.15) is 0 Å². The lowest BCUT2D eigenvalue weighted by Gasteiger charge is -2.22. The van der Waals surface area contributed by atoms with Crippen molar-refractivity contribution in [1.82, 2.24) is 14.8 Å². The zero-order valence-corrected chi connectivity index (χ0v) is 14.2. The van der Waals surface area contributed by atoms with Gasteiger partial charge in [0.1, 0.15) is 11.7 Å². The van der Waals surface area contributed by atoms with Crippen molar-refractivity contribution in [2.75, 3.05) is 20.1 Å². The average molecular weight is 351 g/mol. The van der Waals surface area contributed by atoms with E-state index in [0.29, 0.717) is 29.7 Å². The van der Waals surface area contributed by atoms with Crippen molar-refractivity contribution < 1.29 is 19.1 Å². The molecule has 1 unspecified atom stereocenters. The van der Waals surface area contributed by atoms with E-state index in [2.05, 4.69) is 4.98 Å². The number of benzene rings is 1. The van der Waals surface area contributed by atoms with Crippen molar-refractivity contribution in [3.05, 3.63) is 59.3 Å². The first-order chi connectivity index (χ1) is 12.6. The maximum atomic E-state index is 12.4. The molecule has 7 heteroatoms. The Morgan fingerprint density at radius 2 is 1.65 bits per heavy atom. The fraction of sp³-hybridized carbons (Fsp3) is 0.263. The van der Waals surface area contributed by atoms with Crippen molar-refractivity contribution in [1.29, 1.82) is 0 Å². The van der Waals surface area contributed by atoms with E-state index < -0.39 is 0 Å². The number of hydrogen-bond donors (Lipinski definition) is 0. The SMILES string of the molecule is CN1CC(CCN2C(=O)c3ccccc3C2=O)Oc2ncccc2C1=O. The molecular formula is C19H17N3O4. The molecule has 7 nitrogen and oxygen atoms in total. The molecular weight excluding hydrogens is 334 g/mol. The molecule has 0 aliphatic carbocycles. The van der Waals surface area contributed by atoms with Crippen molar-refractivity contribution >= 4 is 17.7 Å². The first kappa shape index (κ1) is 16.3. The molecule has 2 aliphatic heterocycles. The number of fused-ring (bicyclic) bond motifs is 2. The summed E-state index contributed by atoms with van der Waals surface area (Å²) < 4.78 is 5.88. The predicted octanol–water partition coefficient (Wildman–Crippen LogP) is 1.60. The molecule has 26 heavy (non-hydrogen) atoms. The van der Waals surface area contributed by atoms with Gasteiger partial charge in [0.25, 0.3) is 17.7 Å². The molecule has 4 rings (SSSR count). The predicted molar refractivity (Wildman–Crippen MR) is 92.0 cm³/mol. The summed E-state index contributed by atoms with van der Waals surface area (Å²) in [6, 6.07) is 10.2. The lowest BCUT2D eigenvalue weighted by atomic mass is 10.1. The number of carbonyl (C=O) groups excluding carboxylic acids is 3. The summed E-state index contributed by atoms with van der Waals surface area (Å²) >= 11 is 0. The molecule has 1 aromatic carbocycles. The highest BCUT2D eigenvalue weighted by Crippen LogP contribution is 2.25. The largest absolute Gasteiger partial charge is 0.472 e. The summed E-state index contributed by atoms with van der Waals surface area (Å²) in [5, 5.41) is 0. The summed E-state index contributed by atoms with van der Waals surface area (Å²) in [6.07, 6.45) is 1.63. The minimum Gasteiger partial charge on any atom is -0.472 e. The highest BCUT2D eigenvalue weighted by Gasteiger charge is 2.36.